The monoisotopic (exact) mass is 593 g/mol. The maximum Gasteiger partial charge on any atom is 0.252 e. The first-order valence-electron chi connectivity index (χ1n) is 13.6. The Kier molecular flexibility index (Phi) is 6.76. The van der Waals surface area contributed by atoms with Crippen LogP contribution in [-0.2, 0) is 15.3 Å². The third-order valence-electron chi connectivity index (χ3n) is 8.81. The van der Waals surface area contributed by atoms with Gasteiger partial charge in [0.05, 0.1) is 46.2 Å². The molecule has 10 nitrogen and oxygen atoms in total. The van der Waals surface area contributed by atoms with Crippen molar-refractivity contribution in [1.29, 1.82) is 0 Å². The van der Waals surface area contributed by atoms with E-state index in [1.807, 2.05) is 6.07 Å². The second-order valence-electron chi connectivity index (χ2n) is 11.3. The smallest absolute Gasteiger partial charge is 0.252 e. The van der Waals surface area contributed by atoms with Gasteiger partial charge in [0.25, 0.3) is 5.95 Å². The lowest BCUT2D eigenvalue weighted by atomic mass is 9.66. The van der Waals surface area contributed by atoms with Gasteiger partial charge in [-0.1, -0.05) is 26.5 Å². The molecule has 1 aromatic carbocycles. The number of benzene rings is 1. The molecule has 42 heavy (non-hydrogen) atoms. The zero-order valence-corrected chi connectivity index (χ0v) is 23.9. The molecule has 0 radical (unpaired) electrons. The van der Waals surface area contributed by atoms with Gasteiger partial charge in [0, 0.05) is 6.20 Å². The van der Waals surface area contributed by atoms with Gasteiger partial charge in [-0.25, -0.2) is 32.2 Å². The van der Waals surface area contributed by atoms with E-state index < -0.39 is 33.5 Å². The normalized spacial score (nSPS) is 20.5. The van der Waals surface area contributed by atoms with Crippen LogP contribution in [0.15, 0.2) is 49.4 Å². The zero-order valence-electron chi connectivity index (χ0n) is 23.1. The fourth-order valence-electron chi connectivity index (χ4n) is 6.61. The number of allylic oxidation sites excluding steroid dienone is 1. The van der Waals surface area contributed by atoms with Gasteiger partial charge in [0.15, 0.2) is 15.7 Å². The Morgan fingerprint density at radius 2 is 1.90 bits per heavy atom. The van der Waals surface area contributed by atoms with Crippen LogP contribution < -0.4 is 0 Å². The highest BCUT2D eigenvalue weighted by atomic mass is 32.2. The topological polar surface area (TPSA) is 137 Å². The van der Waals surface area contributed by atoms with Crippen LogP contribution in [0.4, 0.5) is 8.78 Å². The van der Waals surface area contributed by atoms with Crippen LogP contribution in [-0.4, -0.2) is 66.6 Å². The highest BCUT2D eigenvalue weighted by Crippen LogP contribution is 2.69. The molecule has 3 aromatic heterocycles. The molecule has 6 rings (SSSR count). The fraction of sp³-hybridized carbons (Fsp3) is 0.379. The second-order valence-corrected chi connectivity index (χ2v) is 13.6. The first-order valence-corrected chi connectivity index (χ1v) is 15.4. The third kappa shape index (κ3) is 4.33. The number of aliphatic hydroxyl groups excluding tert-OH is 1. The van der Waals surface area contributed by atoms with Crippen LogP contribution in [0.2, 0.25) is 0 Å². The van der Waals surface area contributed by atoms with Gasteiger partial charge in [-0.05, 0) is 66.0 Å². The Morgan fingerprint density at radius 3 is 2.64 bits per heavy atom. The second kappa shape index (κ2) is 10.1. The van der Waals surface area contributed by atoms with Gasteiger partial charge in [-0.15, -0.1) is 10.2 Å². The van der Waals surface area contributed by atoms with E-state index >= 15 is 0 Å². The highest BCUT2D eigenvalue weighted by molar-refractivity contribution is 7.91. The predicted molar refractivity (Wildman–Crippen MR) is 150 cm³/mol. The van der Waals surface area contributed by atoms with E-state index in [-0.39, 0.29) is 52.3 Å². The molecule has 1 saturated carbocycles. The summed E-state index contributed by atoms with van der Waals surface area (Å²) in [4.78, 5) is 13.6. The molecule has 0 amide bonds. The first-order chi connectivity index (χ1) is 20.0. The van der Waals surface area contributed by atoms with Crippen LogP contribution in [0.3, 0.4) is 0 Å². The van der Waals surface area contributed by atoms with Crippen LogP contribution in [0.5, 0.6) is 0 Å². The molecule has 0 unspecified atom stereocenters. The molecule has 3 heterocycles. The van der Waals surface area contributed by atoms with Crippen molar-refractivity contribution in [3.05, 3.63) is 83.8 Å². The summed E-state index contributed by atoms with van der Waals surface area (Å²) in [5.74, 6) is -1.24. The summed E-state index contributed by atoms with van der Waals surface area (Å²) in [7, 11) is -3.41. The average Bonchev–Trinajstić information content (AvgIpc) is 3.60. The molecule has 2 aliphatic carbocycles. The molecule has 1 N–H and O–H groups in total. The van der Waals surface area contributed by atoms with Crippen molar-refractivity contribution < 1.29 is 22.3 Å². The quantitative estimate of drug-likeness (QED) is 0.307. The van der Waals surface area contributed by atoms with E-state index in [0.717, 1.165) is 29.8 Å². The largest absolute Gasteiger partial charge is 0.395 e. The molecule has 4 aromatic rings. The van der Waals surface area contributed by atoms with Gasteiger partial charge < -0.3 is 5.11 Å². The summed E-state index contributed by atoms with van der Waals surface area (Å²) in [6.45, 7) is 7.79. The highest BCUT2D eigenvalue weighted by Gasteiger charge is 2.65. The van der Waals surface area contributed by atoms with Crippen LogP contribution in [0.25, 0.3) is 22.8 Å². The van der Waals surface area contributed by atoms with Crippen LogP contribution >= 0.6 is 0 Å². The molecule has 2 atom stereocenters. The maximum atomic E-state index is 14.6. The lowest BCUT2D eigenvalue weighted by Gasteiger charge is -2.37. The summed E-state index contributed by atoms with van der Waals surface area (Å²) in [6.07, 6.45) is 4.82. The molecule has 0 aliphatic heterocycles. The van der Waals surface area contributed by atoms with E-state index in [1.54, 1.807) is 12.3 Å². The Bertz CT molecular complexity index is 1810. The average molecular weight is 594 g/mol. The summed E-state index contributed by atoms with van der Waals surface area (Å²) in [6, 6.07) is 7.33. The molecular formula is C29H29F2N7O3S. The van der Waals surface area contributed by atoms with Gasteiger partial charge in [0.1, 0.15) is 18.0 Å². The first kappa shape index (κ1) is 28.2. The molecular weight excluding hydrogens is 564 g/mol. The predicted octanol–water partition coefficient (Wildman–Crippen LogP) is 3.81. The SMILES string of the molecule is C=C(CCS(=O)(=O)CCO)c1ncn(-c2nccc([C@@]34CC[C@@H](c5cc(-c6c(F)cccc6F)nnc53)C4(C)C)n2)n1. The lowest BCUT2D eigenvalue weighted by molar-refractivity contribution is 0.242. The summed E-state index contributed by atoms with van der Waals surface area (Å²) in [5.41, 5.74) is 1.84. The zero-order chi connectivity index (χ0) is 29.9. The molecule has 0 saturated heterocycles. The van der Waals surface area contributed by atoms with Gasteiger partial charge in [-0.3, -0.25) is 0 Å². The minimum Gasteiger partial charge on any atom is -0.395 e. The van der Waals surface area contributed by atoms with Crippen molar-refractivity contribution in [2.24, 2.45) is 5.41 Å². The number of fused-ring (bicyclic) bond motifs is 5. The van der Waals surface area contributed by atoms with E-state index in [0.29, 0.717) is 5.57 Å². The van der Waals surface area contributed by atoms with E-state index in [1.165, 1.54) is 29.2 Å². The number of nitrogens with zero attached hydrogens (tertiary/aromatic N) is 7. The van der Waals surface area contributed by atoms with Crippen molar-refractivity contribution >= 4 is 15.4 Å². The molecule has 218 valence electrons. The maximum absolute atomic E-state index is 14.6. The number of halogens is 2. The number of aromatic nitrogens is 7. The van der Waals surface area contributed by atoms with Gasteiger partial charge in [-0.2, -0.15) is 9.78 Å². The Balaban J connectivity index is 1.34. The van der Waals surface area contributed by atoms with Crippen molar-refractivity contribution in [1.82, 2.24) is 34.9 Å². The van der Waals surface area contributed by atoms with E-state index in [4.69, 9.17) is 10.1 Å². The third-order valence-corrected chi connectivity index (χ3v) is 10.4. The van der Waals surface area contributed by atoms with Crippen molar-refractivity contribution in [2.45, 2.75) is 44.4 Å². The summed E-state index contributed by atoms with van der Waals surface area (Å²) < 4.78 is 54.5. The Morgan fingerprint density at radius 1 is 1.14 bits per heavy atom. The number of hydrogen-bond donors (Lipinski definition) is 1. The minimum absolute atomic E-state index is 0.0819. The fourth-order valence-corrected chi connectivity index (χ4v) is 7.65. The van der Waals surface area contributed by atoms with Crippen LogP contribution in [0.1, 0.15) is 61.8 Å². The molecule has 1 fully saturated rings. The van der Waals surface area contributed by atoms with Crippen LogP contribution in [0, 0.1) is 17.0 Å². The summed E-state index contributed by atoms with van der Waals surface area (Å²) in [5, 5.41) is 22.2. The minimum atomic E-state index is -3.41. The Hall–Kier alpha value is -3.97. The Labute approximate surface area is 241 Å². The van der Waals surface area contributed by atoms with Crippen molar-refractivity contribution in [3.63, 3.8) is 0 Å². The van der Waals surface area contributed by atoms with E-state index in [2.05, 4.69) is 45.7 Å². The van der Waals surface area contributed by atoms with Gasteiger partial charge in [0.2, 0.25) is 0 Å². The van der Waals surface area contributed by atoms with E-state index in [9.17, 15) is 17.2 Å². The number of hydrogen-bond acceptors (Lipinski definition) is 9. The van der Waals surface area contributed by atoms with Gasteiger partial charge >= 0.3 is 0 Å². The number of sulfone groups is 1. The number of rotatable bonds is 9. The van der Waals surface area contributed by atoms with Crippen molar-refractivity contribution in [3.8, 4) is 17.2 Å². The van der Waals surface area contributed by atoms with Crippen molar-refractivity contribution in [2.75, 3.05) is 18.1 Å². The number of aliphatic hydroxyl groups is 1. The lowest BCUT2D eigenvalue weighted by Crippen LogP contribution is -2.38. The molecule has 13 heteroatoms. The molecule has 2 aliphatic rings. The summed E-state index contributed by atoms with van der Waals surface area (Å²) >= 11 is 0. The molecule has 2 bridgehead atoms. The molecule has 0 spiro atoms. The standard InChI is InChI=1S/C29H29F2N7O3S/c1-17(9-13-42(40,41)14-12-39)26-33-16-38(37-26)27-32-11-8-23(34-27)29-10-7-19(28(29,2)3)18-15-22(35-36-25(18)29)24-20(30)5-4-6-21(24)31/h4-6,8,11,15-16,19,39H,1,7,9-10,12-14H2,2-3H3/t19-,29-/m0/s1.